The highest BCUT2D eigenvalue weighted by atomic mass is 16.5. The molecule has 2 bridgehead atoms. The van der Waals surface area contributed by atoms with Crippen molar-refractivity contribution >= 4 is 5.91 Å². The van der Waals surface area contributed by atoms with Gasteiger partial charge in [-0.2, -0.15) is 0 Å². The van der Waals surface area contributed by atoms with E-state index in [9.17, 15) is 4.79 Å². The summed E-state index contributed by atoms with van der Waals surface area (Å²) in [5.74, 6) is 2.06. The summed E-state index contributed by atoms with van der Waals surface area (Å²) >= 11 is 0. The van der Waals surface area contributed by atoms with E-state index < -0.39 is 0 Å². The number of amides is 1. The van der Waals surface area contributed by atoms with Gasteiger partial charge >= 0.3 is 0 Å². The van der Waals surface area contributed by atoms with E-state index in [4.69, 9.17) is 9.47 Å². The van der Waals surface area contributed by atoms with Gasteiger partial charge in [0.1, 0.15) is 6.61 Å². The monoisotopic (exact) mass is 296 g/mol. The van der Waals surface area contributed by atoms with Gasteiger partial charge in [0.2, 0.25) is 5.91 Å². The first-order valence-corrected chi connectivity index (χ1v) is 8.36. The van der Waals surface area contributed by atoms with Crippen LogP contribution in [-0.4, -0.2) is 74.9 Å². The Morgan fingerprint density at radius 2 is 1.90 bits per heavy atom. The summed E-state index contributed by atoms with van der Waals surface area (Å²) in [5, 5.41) is 0. The SMILES string of the molecule is COCCOCC(=O)N1CCN([C@@H]2C[C@H]3CC[C@H]2C3)CC1. The standard InChI is InChI=1S/C16H28N2O3/c1-20-8-9-21-12-16(19)18-6-4-17(5-7-18)15-11-13-2-3-14(15)10-13/h13-15H,2-12H2,1H3/t13-,14-,15+/m0/s1. The zero-order valence-electron chi connectivity index (χ0n) is 13.1. The minimum Gasteiger partial charge on any atom is -0.382 e. The van der Waals surface area contributed by atoms with E-state index in [0.29, 0.717) is 13.2 Å². The lowest BCUT2D eigenvalue weighted by atomic mass is 9.93. The second kappa shape index (κ2) is 7.07. The Morgan fingerprint density at radius 3 is 2.52 bits per heavy atom. The number of hydrogen-bond acceptors (Lipinski definition) is 4. The van der Waals surface area contributed by atoms with E-state index >= 15 is 0 Å². The van der Waals surface area contributed by atoms with Crippen molar-refractivity contribution in [2.24, 2.45) is 11.8 Å². The van der Waals surface area contributed by atoms with Gasteiger partial charge in [0, 0.05) is 39.3 Å². The van der Waals surface area contributed by atoms with Gasteiger partial charge in [0.05, 0.1) is 13.2 Å². The predicted molar refractivity (Wildman–Crippen MR) is 80.1 cm³/mol. The normalized spacial score (nSPS) is 32.8. The third-order valence-corrected chi connectivity index (χ3v) is 5.49. The van der Waals surface area contributed by atoms with Crippen LogP contribution in [0.2, 0.25) is 0 Å². The van der Waals surface area contributed by atoms with E-state index in [1.54, 1.807) is 7.11 Å². The van der Waals surface area contributed by atoms with Gasteiger partial charge in [0.25, 0.3) is 0 Å². The third kappa shape index (κ3) is 3.58. The molecule has 3 atom stereocenters. The summed E-state index contributed by atoms with van der Waals surface area (Å²) < 4.78 is 10.2. The zero-order valence-corrected chi connectivity index (χ0v) is 13.1. The Bertz CT molecular complexity index is 355. The van der Waals surface area contributed by atoms with Crippen LogP contribution in [0.1, 0.15) is 25.7 Å². The highest BCUT2D eigenvalue weighted by molar-refractivity contribution is 5.77. The molecule has 5 heteroatoms. The van der Waals surface area contributed by atoms with Gasteiger partial charge in [0.15, 0.2) is 0 Å². The lowest BCUT2D eigenvalue weighted by Crippen LogP contribution is -2.53. The van der Waals surface area contributed by atoms with Crippen LogP contribution in [-0.2, 0) is 14.3 Å². The van der Waals surface area contributed by atoms with Crippen molar-refractivity contribution in [1.82, 2.24) is 9.80 Å². The molecule has 1 amide bonds. The molecule has 3 aliphatic rings. The fraction of sp³-hybridized carbons (Fsp3) is 0.938. The van der Waals surface area contributed by atoms with Gasteiger partial charge in [-0.25, -0.2) is 0 Å². The number of nitrogens with zero attached hydrogens (tertiary/aromatic N) is 2. The lowest BCUT2D eigenvalue weighted by molar-refractivity contribution is -0.138. The van der Waals surface area contributed by atoms with Crippen molar-refractivity contribution in [1.29, 1.82) is 0 Å². The van der Waals surface area contributed by atoms with Crippen LogP contribution in [0, 0.1) is 11.8 Å². The van der Waals surface area contributed by atoms with E-state index in [1.165, 1.54) is 25.7 Å². The molecule has 5 nitrogen and oxygen atoms in total. The van der Waals surface area contributed by atoms with Crippen molar-refractivity contribution in [2.75, 3.05) is 53.1 Å². The van der Waals surface area contributed by atoms with Crippen LogP contribution in [0.15, 0.2) is 0 Å². The minimum atomic E-state index is 0.124. The number of hydrogen-bond donors (Lipinski definition) is 0. The molecule has 0 aromatic rings. The van der Waals surface area contributed by atoms with E-state index in [-0.39, 0.29) is 12.5 Å². The molecule has 3 fully saturated rings. The molecule has 2 aliphatic carbocycles. The average molecular weight is 296 g/mol. The molecular weight excluding hydrogens is 268 g/mol. The van der Waals surface area contributed by atoms with Crippen LogP contribution in [0.4, 0.5) is 0 Å². The Balaban J connectivity index is 1.38. The van der Waals surface area contributed by atoms with Crippen molar-refractivity contribution in [3.63, 3.8) is 0 Å². The number of carbonyl (C=O) groups is 1. The number of fused-ring (bicyclic) bond motifs is 2. The largest absolute Gasteiger partial charge is 0.382 e. The molecular formula is C16H28N2O3. The van der Waals surface area contributed by atoms with E-state index in [1.807, 2.05) is 4.90 Å². The number of piperazine rings is 1. The number of carbonyl (C=O) groups excluding carboxylic acids is 1. The fourth-order valence-electron chi connectivity index (χ4n) is 4.35. The Kier molecular flexibility index (Phi) is 5.14. The van der Waals surface area contributed by atoms with Crippen LogP contribution >= 0.6 is 0 Å². The van der Waals surface area contributed by atoms with Crippen LogP contribution in [0.3, 0.4) is 0 Å². The summed E-state index contributed by atoms with van der Waals surface area (Å²) in [6.07, 6.45) is 5.75. The molecule has 0 radical (unpaired) electrons. The predicted octanol–water partition coefficient (Wildman–Crippen LogP) is 0.982. The third-order valence-electron chi connectivity index (χ3n) is 5.49. The molecule has 120 valence electrons. The molecule has 21 heavy (non-hydrogen) atoms. The molecule has 0 aromatic heterocycles. The smallest absolute Gasteiger partial charge is 0.248 e. The maximum Gasteiger partial charge on any atom is 0.248 e. The molecule has 1 saturated heterocycles. The van der Waals surface area contributed by atoms with Crippen molar-refractivity contribution < 1.29 is 14.3 Å². The molecule has 2 saturated carbocycles. The minimum absolute atomic E-state index is 0.124. The first-order chi connectivity index (χ1) is 10.3. The average Bonchev–Trinajstić information content (AvgIpc) is 3.14. The van der Waals surface area contributed by atoms with E-state index in [0.717, 1.165) is 44.1 Å². The van der Waals surface area contributed by atoms with Crippen LogP contribution in [0.5, 0.6) is 0 Å². The van der Waals surface area contributed by atoms with Gasteiger partial charge in [-0.15, -0.1) is 0 Å². The molecule has 0 aromatic carbocycles. The maximum absolute atomic E-state index is 12.1. The van der Waals surface area contributed by atoms with Crippen molar-refractivity contribution in [3.05, 3.63) is 0 Å². The summed E-state index contributed by atoms with van der Waals surface area (Å²) in [5.41, 5.74) is 0. The Morgan fingerprint density at radius 1 is 1.10 bits per heavy atom. The summed E-state index contributed by atoms with van der Waals surface area (Å²) in [7, 11) is 1.64. The number of ether oxygens (including phenoxy) is 2. The Hall–Kier alpha value is -0.650. The highest BCUT2D eigenvalue weighted by Crippen LogP contribution is 2.46. The highest BCUT2D eigenvalue weighted by Gasteiger charge is 2.42. The van der Waals surface area contributed by atoms with Gasteiger partial charge in [-0.3, -0.25) is 9.69 Å². The van der Waals surface area contributed by atoms with Gasteiger partial charge in [-0.1, -0.05) is 6.42 Å². The molecule has 1 heterocycles. The molecule has 0 unspecified atom stereocenters. The Labute approximate surface area is 127 Å². The molecule has 3 rings (SSSR count). The molecule has 0 spiro atoms. The topological polar surface area (TPSA) is 42.0 Å². The van der Waals surface area contributed by atoms with Crippen molar-refractivity contribution in [3.8, 4) is 0 Å². The van der Waals surface area contributed by atoms with Crippen LogP contribution < -0.4 is 0 Å². The van der Waals surface area contributed by atoms with Gasteiger partial charge in [-0.05, 0) is 31.1 Å². The number of methoxy groups -OCH3 is 1. The second-order valence-corrected chi connectivity index (χ2v) is 6.70. The van der Waals surface area contributed by atoms with E-state index in [2.05, 4.69) is 4.90 Å². The summed E-state index contributed by atoms with van der Waals surface area (Å²) in [6, 6.07) is 0.805. The second-order valence-electron chi connectivity index (χ2n) is 6.70. The lowest BCUT2D eigenvalue weighted by Gasteiger charge is -2.41. The number of rotatable bonds is 6. The molecule has 1 aliphatic heterocycles. The molecule has 0 N–H and O–H groups in total. The fourth-order valence-corrected chi connectivity index (χ4v) is 4.35. The van der Waals surface area contributed by atoms with Crippen LogP contribution in [0.25, 0.3) is 0 Å². The summed E-state index contributed by atoms with van der Waals surface area (Å²) in [4.78, 5) is 16.7. The first kappa shape index (κ1) is 15.3. The summed E-state index contributed by atoms with van der Waals surface area (Å²) in [6.45, 7) is 5.03. The van der Waals surface area contributed by atoms with Gasteiger partial charge < -0.3 is 14.4 Å². The zero-order chi connectivity index (χ0) is 14.7. The van der Waals surface area contributed by atoms with Crippen molar-refractivity contribution in [2.45, 2.75) is 31.7 Å². The maximum atomic E-state index is 12.1. The first-order valence-electron chi connectivity index (χ1n) is 8.36. The quantitative estimate of drug-likeness (QED) is 0.685.